The first-order valence-electron chi connectivity index (χ1n) is 5.06. The van der Waals surface area contributed by atoms with Gasteiger partial charge < -0.3 is 10.8 Å². The molecule has 0 aliphatic heterocycles. The van der Waals surface area contributed by atoms with Crippen molar-refractivity contribution >= 4 is 0 Å². The molecule has 4 heteroatoms. The molecule has 1 heterocycles. The Morgan fingerprint density at radius 3 is 2.93 bits per heavy atom. The second-order valence-electron chi connectivity index (χ2n) is 3.75. The first-order chi connectivity index (χ1) is 6.61. The highest BCUT2D eigenvalue weighted by molar-refractivity contribution is 5.10. The third-order valence-electron chi connectivity index (χ3n) is 2.33. The van der Waals surface area contributed by atoms with Gasteiger partial charge in [0.2, 0.25) is 0 Å². The molecule has 0 amide bonds. The molecule has 0 bridgehead atoms. The minimum absolute atomic E-state index is 0.476. The van der Waals surface area contributed by atoms with Gasteiger partial charge in [0.05, 0.1) is 5.69 Å². The zero-order valence-electron chi connectivity index (χ0n) is 8.90. The summed E-state index contributed by atoms with van der Waals surface area (Å²) in [5.41, 5.74) is 5.45. The molecular weight excluding hydrogens is 178 g/mol. The van der Waals surface area contributed by atoms with Crippen LogP contribution in [0.3, 0.4) is 0 Å². The monoisotopic (exact) mass is 197 g/mol. The predicted octanol–water partition coefficient (Wildman–Crippen LogP) is 0.849. The largest absolute Gasteiger partial charge is 0.384 e. The lowest BCUT2D eigenvalue weighted by atomic mass is 9.98. The fourth-order valence-electron chi connectivity index (χ4n) is 1.59. The average Bonchev–Trinajstić information content (AvgIpc) is 2.53. The van der Waals surface area contributed by atoms with Crippen LogP contribution in [0.5, 0.6) is 0 Å². The number of hydrogen-bond acceptors (Lipinski definition) is 3. The zero-order chi connectivity index (χ0) is 10.6. The second kappa shape index (κ2) is 4.57. The van der Waals surface area contributed by atoms with Crippen molar-refractivity contribution in [2.45, 2.75) is 38.8 Å². The van der Waals surface area contributed by atoms with Crippen LogP contribution < -0.4 is 5.73 Å². The van der Waals surface area contributed by atoms with Crippen molar-refractivity contribution in [3.05, 3.63) is 18.0 Å². The Balaban J connectivity index is 2.87. The molecule has 0 spiro atoms. The van der Waals surface area contributed by atoms with Crippen LogP contribution in [0, 0.1) is 0 Å². The minimum Gasteiger partial charge on any atom is -0.384 e. The highest BCUT2D eigenvalue weighted by Gasteiger charge is 2.25. The number of aromatic nitrogens is 2. The molecule has 3 N–H and O–H groups in total. The van der Waals surface area contributed by atoms with Crippen LogP contribution in [-0.4, -0.2) is 21.4 Å². The van der Waals surface area contributed by atoms with Gasteiger partial charge in [0.15, 0.2) is 0 Å². The van der Waals surface area contributed by atoms with Gasteiger partial charge in [-0.1, -0.05) is 6.92 Å². The van der Waals surface area contributed by atoms with E-state index in [4.69, 9.17) is 5.73 Å². The van der Waals surface area contributed by atoms with Gasteiger partial charge in [-0.3, -0.25) is 4.68 Å². The lowest BCUT2D eigenvalue weighted by Gasteiger charge is -2.23. The number of hydrogen-bond donors (Lipinski definition) is 2. The molecule has 0 aliphatic rings. The van der Waals surface area contributed by atoms with Gasteiger partial charge >= 0.3 is 0 Å². The third-order valence-corrected chi connectivity index (χ3v) is 2.33. The van der Waals surface area contributed by atoms with E-state index in [-0.39, 0.29) is 0 Å². The molecule has 1 unspecified atom stereocenters. The maximum atomic E-state index is 10.1. The highest BCUT2D eigenvalue weighted by Crippen LogP contribution is 2.23. The van der Waals surface area contributed by atoms with Gasteiger partial charge in [-0.15, -0.1) is 0 Å². The van der Waals surface area contributed by atoms with E-state index in [9.17, 15) is 5.11 Å². The molecule has 1 atom stereocenters. The van der Waals surface area contributed by atoms with Gasteiger partial charge in [0.1, 0.15) is 5.60 Å². The van der Waals surface area contributed by atoms with Gasteiger partial charge in [0, 0.05) is 12.7 Å². The van der Waals surface area contributed by atoms with Gasteiger partial charge in [0.25, 0.3) is 0 Å². The maximum Gasteiger partial charge on any atom is 0.105 e. The molecule has 4 nitrogen and oxygen atoms in total. The summed E-state index contributed by atoms with van der Waals surface area (Å²) in [4.78, 5) is 0. The Labute approximate surface area is 84.7 Å². The molecular formula is C10H19N3O. The Morgan fingerprint density at radius 2 is 2.36 bits per heavy atom. The molecule has 14 heavy (non-hydrogen) atoms. The molecule has 0 saturated heterocycles. The first-order valence-corrected chi connectivity index (χ1v) is 5.06. The summed E-state index contributed by atoms with van der Waals surface area (Å²) in [6.07, 6.45) is 3.28. The molecule has 0 saturated carbocycles. The van der Waals surface area contributed by atoms with Crippen molar-refractivity contribution in [3.63, 3.8) is 0 Å². The molecule has 0 fully saturated rings. The van der Waals surface area contributed by atoms with Crippen molar-refractivity contribution in [2.75, 3.05) is 6.54 Å². The molecule has 1 aromatic rings. The van der Waals surface area contributed by atoms with E-state index in [1.165, 1.54) is 0 Å². The number of aliphatic hydroxyl groups is 1. The Bertz CT molecular complexity index is 281. The smallest absolute Gasteiger partial charge is 0.105 e. The second-order valence-corrected chi connectivity index (χ2v) is 3.75. The van der Waals surface area contributed by atoms with Crippen LogP contribution in [0.1, 0.15) is 32.4 Å². The van der Waals surface area contributed by atoms with Crippen LogP contribution in [0.4, 0.5) is 0 Å². The van der Waals surface area contributed by atoms with Crippen molar-refractivity contribution < 1.29 is 5.11 Å². The van der Waals surface area contributed by atoms with Gasteiger partial charge in [-0.05, 0) is 32.4 Å². The standard InChI is InChI=1S/C10H19N3O/c1-3-8-13-9(4-7-12-13)10(2,14)5-6-11/h4,7,14H,3,5-6,8,11H2,1-2H3. The molecule has 1 aromatic heterocycles. The third kappa shape index (κ3) is 2.33. The van der Waals surface area contributed by atoms with E-state index in [0.29, 0.717) is 13.0 Å². The predicted molar refractivity (Wildman–Crippen MR) is 55.8 cm³/mol. The van der Waals surface area contributed by atoms with Crippen LogP contribution >= 0.6 is 0 Å². The quantitative estimate of drug-likeness (QED) is 0.735. The van der Waals surface area contributed by atoms with Crippen LogP contribution in [0.15, 0.2) is 12.3 Å². The van der Waals surface area contributed by atoms with Gasteiger partial charge in [-0.2, -0.15) is 5.10 Å². The number of nitrogens with zero attached hydrogens (tertiary/aromatic N) is 2. The fraction of sp³-hybridized carbons (Fsp3) is 0.700. The first kappa shape index (κ1) is 11.2. The lowest BCUT2D eigenvalue weighted by molar-refractivity contribution is 0.0408. The molecule has 0 aliphatic carbocycles. The fourth-order valence-corrected chi connectivity index (χ4v) is 1.59. The number of aryl methyl sites for hydroxylation is 1. The summed E-state index contributed by atoms with van der Waals surface area (Å²) in [6.45, 7) is 5.18. The van der Waals surface area contributed by atoms with Crippen molar-refractivity contribution in [1.82, 2.24) is 9.78 Å². The van der Waals surface area contributed by atoms with E-state index in [1.807, 2.05) is 10.7 Å². The molecule has 1 rings (SSSR count). The normalized spacial score (nSPS) is 15.4. The number of rotatable bonds is 5. The summed E-state index contributed by atoms with van der Waals surface area (Å²) >= 11 is 0. The summed E-state index contributed by atoms with van der Waals surface area (Å²) in [5, 5.41) is 14.3. The summed E-state index contributed by atoms with van der Waals surface area (Å²) in [6, 6.07) is 1.85. The summed E-state index contributed by atoms with van der Waals surface area (Å²) < 4.78 is 1.84. The van der Waals surface area contributed by atoms with Crippen molar-refractivity contribution in [1.29, 1.82) is 0 Å². The van der Waals surface area contributed by atoms with Crippen molar-refractivity contribution in [3.8, 4) is 0 Å². The van der Waals surface area contributed by atoms with Gasteiger partial charge in [-0.25, -0.2) is 0 Å². The number of nitrogens with two attached hydrogens (primary N) is 1. The Morgan fingerprint density at radius 1 is 1.64 bits per heavy atom. The van der Waals surface area contributed by atoms with Crippen molar-refractivity contribution in [2.24, 2.45) is 5.73 Å². The summed E-state index contributed by atoms with van der Waals surface area (Å²) in [7, 11) is 0. The van der Waals surface area contributed by atoms with E-state index in [2.05, 4.69) is 12.0 Å². The van der Waals surface area contributed by atoms with E-state index in [0.717, 1.165) is 18.7 Å². The zero-order valence-corrected chi connectivity index (χ0v) is 8.90. The Hall–Kier alpha value is -0.870. The molecule has 0 radical (unpaired) electrons. The topological polar surface area (TPSA) is 64.1 Å². The molecule has 80 valence electrons. The Kier molecular flexibility index (Phi) is 3.66. The average molecular weight is 197 g/mol. The van der Waals surface area contributed by atoms with E-state index in [1.54, 1.807) is 13.1 Å². The van der Waals surface area contributed by atoms with Crippen LogP contribution in [-0.2, 0) is 12.1 Å². The SMILES string of the molecule is CCCn1nccc1C(C)(O)CCN. The highest BCUT2D eigenvalue weighted by atomic mass is 16.3. The van der Waals surface area contributed by atoms with E-state index >= 15 is 0 Å². The molecule has 0 aromatic carbocycles. The minimum atomic E-state index is -0.861. The maximum absolute atomic E-state index is 10.1. The lowest BCUT2D eigenvalue weighted by Crippen LogP contribution is -2.28. The van der Waals surface area contributed by atoms with E-state index < -0.39 is 5.60 Å². The van der Waals surface area contributed by atoms with Crippen LogP contribution in [0.25, 0.3) is 0 Å². The summed E-state index contributed by atoms with van der Waals surface area (Å²) in [5.74, 6) is 0. The van der Waals surface area contributed by atoms with Crippen LogP contribution in [0.2, 0.25) is 0 Å².